The molecule has 1 heterocycles. The average Bonchev–Trinajstić information content (AvgIpc) is 3.09. The van der Waals surface area contributed by atoms with Crippen LogP contribution in [0.25, 0.3) is 0 Å². The van der Waals surface area contributed by atoms with Crippen LogP contribution in [-0.2, 0) is 4.79 Å². The van der Waals surface area contributed by atoms with Crippen molar-refractivity contribution in [3.8, 4) is 0 Å². The van der Waals surface area contributed by atoms with E-state index >= 15 is 0 Å². The lowest BCUT2D eigenvalue weighted by Crippen LogP contribution is -2.55. The summed E-state index contributed by atoms with van der Waals surface area (Å²) in [7, 11) is 8.07. The summed E-state index contributed by atoms with van der Waals surface area (Å²) in [6, 6.07) is 0.474. The van der Waals surface area contributed by atoms with Crippen molar-refractivity contribution in [3.05, 3.63) is 0 Å². The lowest BCUT2D eigenvalue weighted by Gasteiger charge is -2.38. The van der Waals surface area contributed by atoms with Crippen molar-refractivity contribution in [1.29, 1.82) is 0 Å². The second-order valence-electron chi connectivity index (χ2n) is 8.16. The molecular weight excluding hydrogens is 455 g/mol. The Bertz CT molecular complexity index is 493. The summed E-state index contributed by atoms with van der Waals surface area (Å²) < 4.78 is 0. The van der Waals surface area contributed by atoms with E-state index in [1.807, 2.05) is 14.1 Å². The lowest BCUT2D eigenvalue weighted by atomic mass is 9.85. The van der Waals surface area contributed by atoms with Crippen molar-refractivity contribution in [1.82, 2.24) is 25.3 Å². The van der Waals surface area contributed by atoms with Crippen molar-refractivity contribution in [3.63, 3.8) is 0 Å². The normalized spacial score (nSPS) is 23.6. The molecule has 1 aliphatic carbocycles. The molecule has 27 heavy (non-hydrogen) atoms. The van der Waals surface area contributed by atoms with Gasteiger partial charge in [0.15, 0.2) is 5.96 Å². The Morgan fingerprint density at radius 3 is 2.44 bits per heavy atom. The van der Waals surface area contributed by atoms with Gasteiger partial charge in [-0.1, -0.05) is 12.8 Å². The number of aliphatic imine (C=N–C) groups is 1. The molecule has 0 aromatic carbocycles. The summed E-state index contributed by atoms with van der Waals surface area (Å²) in [6.07, 6.45) is 4.14. The quantitative estimate of drug-likeness (QED) is 0.329. The zero-order chi connectivity index (χ0) is 19.2. The van der Waals surface area contributed by atoms with Crippen LogP contribution in [-0.4, -0.2) is 100 Å². The molecule has 8 heteroatoms. The molecule has 2 aliphatic rings. The number of carbonyl (C=O) groups is 1. The molecule has 1 saturated heterocycles. The molecule has 2 rings (SSSR count). The summed E-state index contributed by atoms with van der Waals surface area (Å²) in [5, 5.41) is 6.84. The molecular formula is C19H39IN6O. The fourth-order valence-electron chi connectivity index (χ4n) is 4.07. The average molecular weight is 494 g/mol. The van der Waals surface area contributed by atoms with E-state index in [1.165, 1.54) is 0 Å². The minimum atomic E-state index is -0.312. The van der Waals surface area contributed by atoms with E-state index < -0.39 is 0 Å². The summed E-state index contributed by atoms with van der Waals surface area (Å²) >= 11 is 0. The number of amides is 1. The minimum Gasteiger partial charge on any atom is -0.357 e. The van der Waals surface area contributed by atoms with Gasteiger partial charge in [-0.25, -0.2) is 0 Å². The highest BCUT2D eigenvalue weighted by Crippen LogP contribution is 2.39. The number of guanidine groups is 1. The van der Waals surface area contributed by atoms with E-state index in [9.17, 15) is 4.79 Å². The maximum atomic E-state index is 12.7. The monoisotopic (exact) mass is 494 g/mol. The molecule has 7 nitrogen and oxygen atoms in total. The molecule has 0 aromatic rings. The van der Waals surface area contributed by atoms with Gasteiger partial charge >= 0.3 is 0 Å². The van der Waals surface area contributed by atoms with Crippen molar-refractivity contribution in [2.24, 2.45) is 10.4 Å². The summed E-state index contributed by atoms with van der Waals surface area (Å²) in [6.45, 7) is 7.61. The van der Waals surface area contributed by atoms with Crippen LogP contribution in [0.15, 0.2) is 4.99 Å². The molecule has 0 aromatic heterocycles. The third-order valence-corrected chi connectivity index (χ3v) is 5.79. The van der Waals surface area contributed by atoms with Gasteiger partial charge in [0.2, 0.25) is 5.91 Å². The highest BCUT2D eigenvalue weighted by Gasteiger charge is 2.42. The van der Waals surface area contributed by atoms with E-state index in [0.717, 1.165) is 64.4 Å². The predicted molar refractivity (Wildman–Crippen MR) is 123 cm³/mol. The van der Waals surface area contributed by atoms with Crippen molar-refractivity contribution in [2.45, 2.75) is 38.6 Å². The number of nitrogens with zero attached hydrogens (tertiary/aromatic N) is 4. The molecule has 1 saturated carbocycles. The van der Waals surface area contributed by atoms with Gasteiger partial charge in [0, 0.05) is 52.9 Å². The molecule has 158 valence electrons. The van der Waals surface area contributed by atoms with Crippen LogP contribution in [0.2, 0.25) is 0 Å². The number of hydrogen-bond acceptors (Lipinski definition) is 4. The molecule has 0 radical (unpaired) electrons. The zero-order valence-corrected chi connectivity index (χ0v) is 20.1. The number of rotatable bonds is 6. The topological polar surface area (TPSA) is 63.2 Å². The molecule has 1 aliphatic heterocycles. The summed E-state index contributed by atoms with van der Waals surface area (Å²) in [5.74, 6) is 1.05. The van der Waals surface area contributed by atoms with Gasteiger partial charge in [0.05, 0.1) is 12.0 Å². The zero-order valence-electron chi connectivity index (χ0n) is 17.8. The van der Waals surface area contributed by atoms with Crippen LogP contribution in [0.4, 0.5) is 0 Å². The SMILES string of the molecule is CCNC(=NCC1(C(=O)N(C)C)CCCC1)NCC1CN(C)CCN1C.I. The third kappa shape index (κ3) is 6.74. The van der Waals surface area contributed by atoms with Crippen LogP contribution in [0.3, 0.4) is 0 Å². The van der Waals surface area contributed by atoms with Crippen LogP contribution >= 0.6 is 24.0 Å². The second kappa shape index (κ2) is 11.4. The number of halogens is 1. The number of carbonyl (C=O) groups excluding carboxylic acids is 1. The van der Waals surface area contributed by atoms with Gasteiger partial charge in [-0.15, -0.1) is 24.0 Å². The van der Waals surface area contributed by atoms with Crippen molar-refractivity contribution in [2.75, 3.05) is 67.5 Å². The van der Waals surface area contributed by atoms with Crippen LogP contribution in [0, 0.1) is 5.41 Å². The largest absolute Gasteiger partial charge is 0.357 e. The Morgan fingerprint density at radius 2 is 1.85 bits per heavy atom. The molecule has 0 bridgehead atoms. The highest BCUT2D eigenvalue weighted by atomic mass is 127. The summed E-state index contributed by atoms with van der Waals surface area (Å²) in [5.41, 5.74) is -0.312. The predicted octanol–water partition coefficient (Wildman–Crippen LogP) is 1.05. The summed E-state index contributed by atoms with van der Waals surface area (Å²) in [4.78, 5) is 24.1. The van der Waals surface area contributed by atoms with E-state index in [4.69, 9.17) is 4.99 Å². The molecule has 1 unspecified atom stereocenters. The first-order chi connectivity index (χ1) is 12.4. The van der Waals surface area contributed by atoms with E-state index in [1.54, 1.807) is 4.90 Å². The Kier molecular flexibility index (Phi) is 10.3. The minimum absolute atomic E-state index is 0. The smallest absolute Gasteiger partial charge is 0.230 e. The van der Waals surface area contributed by atoms with Gasteiger partial charge in [0.25, 0.3) is 0 Å². The Balaban J connectivity index is 0.00000364. The van der Waals surface area contributed by atoms with Gasteiger partial charge in [-0.3, -0.25) is 14.7 Å². The number of nitrogens with one attached hydrogen (secondary N) is 2. The second-order valence-corrected chi connectivity index (χ2v) is 8.16. The molecule has 1 amide bonds. The first-order valence-electron chi connectivity index (χ1n) is 10.0. The highest BCUT2D eigenvalue weighted by molar-refractivity contribution is 14.0. The van der Waals surface area contributed by atoms with Crippen LogP contribution in [0.1, 0.15) is 32.6 Å². The van der Waals surface area contributed by atoms with E-state index in [-0.39, 0.29) is 35.3 Å². The molecule has 1 atom stereocenters. The fourth-order valence-corrected chi connectivity index (χ4v) is 4.07. The van der Waals surface area contributed by atoms with Gasteiger partial charge in [0.1, 0.15) is 0 Å². The fraction of sp³-hybridized carbons (Fsp3) is 0.895. The van der Waals surface area contributed by atoms with Gasteiger partial charge < -0.3 is 20.4 Å². The number of hydrogen-bond donors (Lipinski definition) is 2. The standard InChI is InChI=1S/C19H38N6O.HI/c1-6-20-18(21-13-16-14-24(4)11-12-25(16)5)22-15-19(9-7-8-10-19)17(26)23(2)3;/h16H,6-15H2,1-5H3,(H2,20,21,22);1H. The molecule has 2 fully saturated rings. The van der Waals surface area contributed by atoms with Crippen LogP contribution in [0.5, 0.6) is 0 Å². The molecule has 0 spiro atoms. The maximum absolute atomic E-state index is 12.7. The van der Waals surface area contributed by atoms with Crippen LogP contribution < -0.4 is 10.6 Å². The first kappa shape index (κ1) is 24.4. The van der Waals surface area contributed by atoms with Crippen molar-refractivity contribution >= 4 is 35.8 Å². The molecule has 2 N–H and O–H groups in total. The van der Waals surface area contributed by atoms with E-state index in [0.29, 0.717) is 12.6 Å². The lowest BCUT2D eigenvalue weighted by molar-refractivity contribution is -0.138. The van der Waals surface area contributed by atoms with Crippen molar-refractivity contribution < 1.29 is 4.79 Å². The number of piperazine rings is 1. The first-order valence-corrected chi connectivity index (χ1v) is 10.0. The third-order valence-electron chi connectivity index (χ3n) is 5.79. The van der Waals surface area contributed by atoms with E-state index in [2.05, 4.69) is 41.5 Å². The maximum Gasteiger partial charge on any atom is 0.230 e. The Labute approximate surface area is 182 Å². The Morgan fingerprint density at radius 1 is 1.19 bits per heavy atom. The Hall–Kier alpha value is -0.610. The van der Waals surface area contributed by atoms with Gasteiger partial charge in [-0.05, 0) is 33.9 Å². The number of likely N-dealkylation sites (N-methyl/N-ethyl adjacent to an activating group) is 2. The van der Waals surface area contributed by atoms with Gasteiger partial charge in [-0.2, -0.15) is 0 Å².